The lowest BCUT2D eigenvalue weighted by atomic mass is 10.3. The number of thiazole rings is 1. The van der Waals surface area contributed by atoms with Gasteiger partial charge in [0.2, 0.25) is 0 Å². The van der Waals surface area contributed by atoms with Gasteiger partial charge in [-0.1, -0.05) is 12.1 Å². The molecule has 3 aromatic rings. The number of hydrogen-bond donors (Lipinski definition) is 2. The molecule has 7 heteroatoms. The van der Waals surface area contributed by atoms with Crippen LogP contribution in [0.5, 0.6) is 5.75 Å². The molecule has 3 rings (SSSR count). The molecular weight excluding hydrogens is 471 g/mol. The number of anilines is 1. The number of ether oxygens (including phenoxy) is 1. The molecule has 0 aliphatic rings. The highest BCUT2D eigenvalue weighted by Gasteiger charge is 2.03. The van der Waals surface area contributed by atoms with Gasteiger partial charge in [-0.3, -0.25) is 4.99 Å². The van der Waals surface area contributed by atoms with Gasteiger partial charge in [0.15, 0.2) is 5.96 Å². The Morgan fingerprint density at radius 3 is 2.63 bits per heavy atom. The van der Waals surface area contributed by atoms with Crippen molar-refractivity contribution < 1.29 is 4.74 Å². The van der Waals surface area contributed by atoms with E-state index in [-0.39, 0.29) is 30.1 Å². The highest BCUT2D eigenvalue weighted by atomic mass is 127. The Balaban J connectivity index is 0.00000261. The largest absolute Gasteiger partial charge is 0.491 e. The first-order chi connectivity index (χ1) is 12.6. The molecule has 0 atom stereocenters. The SMILES string of the molecule is CC(C)Oc1ccc(NC(N)=NCCCc2nc3ccccc3s2)cc1.I. The third kappa shape index (κ3) is 6.66. The van der Waals surface area contributed by atoms with Crippen LogP contribution >= 0.6 is 35.3 Å². The minimum absolute atomic E-state index is 0. The maximum Gasteiger partial charge on any atom is 0.193 e. The van der Waals surface area contributed by atoms with Crippen LogP contribution in [0.4, 0.5) is 5.69 Å². The quantitative estimate of drug-likeness (QED) is 0.208. The van der Waals surface area contributed by atoms with Crippen LogP contribution in [0.25, 0.3) is 10.2 Å². The van der Waals surface area contributed by atoms with Gasteiger partial charge in [-0.25, -0.2) is 4.98 Å². The standard InChI is InChI=1S/C20H24N4OS.HI/c1-14(2)25-16-11-9-15(10-12-16)23-20(21)22-13-5-8-19-24-17-6-3-4-7-18(17)26-19;/h3-4,6-7,9-12,14H,5,8,13H2,1-2H3,(H3,21,22,23);1H. The lowest BCUT2D eigenvalue weighted by Gasteiger charge is -2.10. The highest BCUT2D eigenvalue weighted by Crippen LogP contribution is 2.22. The van der Waals surface area contributed by atoms with E-state index >= 15 is 0 Å². The number of para-hydroxylation sites is 1. The zero-order chi connectivity index (χ0) is 18.4. The Morgan fingerprint density at radius 2 is 1.93 bits per heavy atom. The van der Waals surface area contributed by atoms with Gasteiger partial charge in [-0.15, -0.1) is 35.3 Å². The fourth-order valence-corrected chi connectivity index (χ4v) is 3.54. The van der Waals surface area contributed by atoms with Crippen molar-refractivity contribution in [2.45, 2.75) is 32.8 Å². The van der Waals surface area contributed by atoms with Crippen LogP contribution in [0.2, 0.25) is 0 Å². The van der Waals surface area contributed by atoms with Gasteiger partial charge in [0.05, 0.1) is 21.3 Å². The van der Waals surface area contributed by atoms with E-state index in [1.165, 1.54) is 4.70 Å². The molecule has 3 N–H and O–H groups in total. The number of nitrogens with one attached hydrogen (secondary N) is 1. The number of aromatic nitrogens is 1. The number of fused-ring (bicyclic) bond motifs is 1. The molecule has 2 aromatic carbocycles. The monoisotopic (exact) mass is 496 g/mol. The van der Waals surface area contributed by atoms with Crippen molar-refractivity contribution in [3.05, 3.63) is 53.5 Å². The number of halogens is 1. The van der Waals surface area contributed by atoms with Crippen LogP contribution in [0.1, 0.15) is 25.3 Å². The average Bonchev–Trinajstić information content (AvgIpc) is 3.03. The summed E-state index contributed by atoms with van der Waals surface area (Å²) in [6.45, 7) is 4.68. The summed E-state index contributed by atoms with van der Waals surface area (Å²) in [6, 6.07) is 15.9. The van der Waals surface area contributed by atoms with Crippen LogP contribution in [0, 0.1) is 0 Å². The van der Waals surface area contributed by atoms with Gasteiger partial charge in [-0.2, -0.15) is 0 Å². The molecule has 0 spiro atoms. The van der Waals surface area contributed by atoms with Crippen molar-refractivity contribution in [2.24, 2.45) is 10.7 Å². The third-order valence-corrected chi connectivity index (χ3v) is 4.76. The summed E-state index contributed by atoms with van der Waals surface area (Å²) in [5.74, 6) is 1.27. The molecule has 0 aliphatic carbocycles. The summed E-state index contributed by atoms with van der Waals surface area (Å²) < 4.78 is 6.86. The number of nitrogens with zero attached hydrogens (tertiary/aromatic N) is 2. The Morgan fingerprint density at radius 1 is 1.19 bits per heavy atom. The minimum atomic E-state index is 0. The van der Waals surface area contributed by atoms with E-state index in [0.29, 0.717) is 12.5 Å². The van der Waals surface area contributed by atoms with Gasteiger partial charge in [0.25, 0.3) is 0 Å². The van der Waals surface area contributed by atoms with Crippen molar-refractivity contribution in [3.63, 3.8) is 0 Å². The first kappa shape index (κ1) is 21.4. The first-order valence-corrected chi connectivity index (χ1v) is 9.60. The lowest BCUT2D eigenvalue weighted by Crippen LogP contribution is -2.22. The molecule has 1 heterocycles. The van der Waals surface area contributed by atoms with E-state index in [4.69, 9.17) is 10.5 Å². The topological polar surface area (TPSA) is 72.5 Å². The fourth-order valence-electron chi connectivity index (χ4n) is 2.53. The molecule has 0 fully saturated rings. The molecule has 144 valence electrons. The Kier molecular flexibility index (Phi) is 8.30. The molecule has 0 bridgehead atoms. The molecular formula is C20H25IN4OS. The number of guanidine groups is 1. The van der Waals surface area contributed by atoms with Crippen LogP contribution < -0.4 is 15.8 Å². The van der Waals surface area contributed by atoms with Gasteiger partial charge in [0, 0.05) is 18.7 Å². The highest BCUT2D eigenvalue weighted by molar-refractivity contribution is 14.0. The molecule has 0 radical (unpaired) electrons. The summed E-state index contributed by atoms with van der Waals surface area (Å²) >= 11 is 1.75. The fraction of sp³-hybridized carbons (Fsp3) is 0.300. The van der Waals surface area contributed by atoms with E-state index < -0.39 is 0 Å². The number of hydrogen-bond acceptors (Lipinski definition) is 4. The second-order valence-electron chi connectivity index (χ2n) is 6.26. The number of aliphatic imine (C=N–C) groups is 1. The molecule has 0 saturated carbocycles. The maximum absolute atomic E-state index is 5.96. The maximum atomic E-state index is 5.96. The first-order valence-electron chi connectivity index (χ1n) is 8.78. The van der Waals surface area contributed by atoms with Gasteiger partial charge < -0.3 is 15.8 Å². The molecule has 1 aromatic heterocycles. The van der Waals surface area contributed by atoms with E-state index in [0.717, 1.165) is 34.8 Å². The van der Waals surface area contributed by atoms with E-state index in [2.05, 4.69) is 21.4 Å². The van der Waals surface area contributed by atoms with Crippen molar-refractivity contribution in [2.75, 3.05) is 11.9 Å². The summed E-state index contributed by atoms with van der Waals surface area (Å²) in [7, 11) is 0. The summed E-state index contributed by atoms with van der Waals surface area (Å²) in [6.07, 6.45) is 2.00. The zero-order valence-electron chi connectivity index (χ0n) is 15.5. The molecule has 0 aliphatic heterocycles. The predicted molar refractivity (Wildman–Crippen MR) is 126 cm³/mol. The molecule has 27 heavy (non-hydrogen) atoms. The van der Waals surface area contributed by atoms with Crippen molar-refractivity contribution in [1.29, 1.82) is 0 Å². The van der Waals surface area contributed by atoms with Crippen LogP contribution in [-0.4, -0.2) is 23.6 Å². The second kappa shape index (κ2) is 10.5. The Labute approximate surface area is 181 Å². The van der Waals surface area contributed by atoms with Crippen molar-refractivity contribution in [3.8, 4) is 5.75 Å². The number of nitrogens with two attached hydrogens (primary N) is 1. The Bertz CT molecular complexity index is 844. The molecule has 0 saturated heterocycles. The predicted octanol–water partition coefficient (Wildman–Crippen LogP) is 5.06. The second-order valence-corrected chi connectivity index (χ2v) is 7.38. The smallest absolute Gasteiger partial charge is 0.193 e. The van der Waals surface area contributed by atoms with Crippen LogP contribution in [-0.2, 0) is 6.42 Å². The third-order valence-electron chi connectivity index (χ3n) is 3.67. The average molecular weight is 496 g/mol. The summed E-state index contributed by atoms with van der Waals surface area (Å²) in [5.41, 5.74) is 7.93. The lowest BCUT2D eigenvalue weighted by molar-refractivity contribution is 0.242. The molecule has 0 unspecified atom stereocenters. The van der Waals surface area contributed by atoms with E-state index in [1.54, 1.807) is 11.3 Å². The summed E-state index contributed by atoms with van der Waals surface area (Å²) in [4.78, 5) is 9.03. The number of rotatable bonds is 7. The molecule has 0 amide bonds. The minimum Gasteiger partial charge on any atom is -0.491 e. The van der Waals surface area contributed by atoms with Gasteiger partial charge in [-0.05, 0) is 56.7 Å². The van der Waals surface area contributed by atoms with E-state index in [9.17, 15) is 0 Å². The van der Waals surface area contributed by atoms with Crippen molar-refractivity contribution in [1.82, 2.24) is 4.98 Å². The molecule has 5 nitrogen and oxygen atoms in total. The summed E-state index contributed by atoms with van der Waals surface area (Å²) in [5, 5.41) is 4.25. The zero-order valence-corrected chi connectivity index (χ0v) is 18.7. The van der Waals surface area contributed by atoms with Crippen molar-refractivity contribution >= 4 is 57.2 Å². The van der Waals surface area contributed by atoms with Crippen LogP contribution in [0.15, 0.2) is 53.5 Å². The Hall–Kier alpha value is -1.87. The van der Waals surface area contributed by atoms with Crippen LogP contribution in [0.3, 0.4) is 0 Å². The van der Waals surface area contributed by atoms with Gasteiger partial charge >= 0.3 is 0 Å². The normalized spacial score (nSPS) is 11.4. The van der Waals surface area contributed by atoms with Gasteiger partial charge in [0.1, 0.15) is 5.75 Å². The van der Waals surface area contributed by atoms with E-state index in [1.807, 2.05) is 56.3 Å². The number of benzene rings is 2. The number of aryl methyl sites for hydroxylation is 1.